The molecule has 1 heterocycles. The van der Waals surface area contributed by atoms with E-state index in [1.807, 2.05) is 6.92 Å². The van der Waals surface area contributed by atoms with Crippen LogP contribution < -0.4 is 11.1 Å². The molecule has 20 heavy (non-hydrogen) atoms. The lowest BCUT2D eigenvalue weighted by molar-refractivity contribution is -0.117. The Kier molecular flexibility index (Phi) is 4.77. The highest BCUT2D eigenvalue weighted by Gasteiger charge is 2.27. The van der Waals surface area contributed by atoms with Gasteiger partial charge in [-0.2, -0.15) is 0 Å². The normalized spacial score (nSPS) is 15.3. The van der Waals surface area contributed by atoms with Gasteiger partial charge in [0, 0.05) is 4.88 Å². The Bertz CT molecular complexity index is 525. The second-order valence-corrected chi connectivity index (χ2v) is 6.02. The SMILES string of the molecule is CC[C@H](N)C(=O)Nc1sc2c(c1C(=O)OC)CCCC2. The summed E-state index contributed by atoms with van der Waals surface area (Å²) in [6.07, 6.45) is 4.57. The van der Waals surface area contributed by atoms with Gasteiger partial charge in [-0.15, -0.1) is 11.3 Å². The lowest BCUT2D eigenvalue weighted by Gasteiger charge is -2.12. The van der Waals surface area contributed by atoms with E-state index in [4.69, 9.17) is 10.5 Å². The first-order valence-corrected chi connectivity index (χ1v) is 7.69. The van der Waals surface area contributed by atoms with Crippen LogP contribution in [0.1, 0.15) is 47.0 Å². The van der Waals surface area contributed by atoms with Crippen LogP contribution in [0.25, 0.3) is 0 Å². The number of methoxy groups -OCH3 is 1. The summed E-state index contributed by atoms with van der Waals surface area (Å²) in [5.74, 6) is -0.638. The molecule has 1 aromatic heterocycles. The number of nitrogens with one attached hydrogen (secondary N) is 1. The largest absolute Gasteiger partial charge is 0.465 e. The molecule has 0 radical (unpaired) electrons. The van der Waals surface area contributed by atoms with Crippen molar-refractivity contribution in [1.29, 1.82) is 0 Å². The summed E-state index contributed by atoms with van der Waals surface area (Å²) in [5, 5.41) is 3.37. The number of aryl methyl sites for hydroxylation is 1. The molecule has 1 aromatic rings. The molecule has 0 saturated carbocycles. The number of thiophene rings is 1. The van der Waals surface area contributed by atoms with Crippen molar-refractivity contribution in [1.82, 2.24) is 0 Å². The van der Waals surface area contributed by atoms with Gasteiger partial charge in [-0.1, -0.05) is 6.92 Å². The number of anilines is 1. The van der Waals surface area contributed by atoms with Crippen molar-refractivity contribution in [2.75, 3.05) is 12.4 Å². The Morgan fingerprint density at radius 3 is 2.75 bits per heavy atom. The maximum absolute atomic E-state index is 12.0. The zero-order valence-electron chi connectivity index (χ0n) is 11.8. The van der Waals surface area contributed by atoms with Crippen molar-refractivity contribution >= 4 is 28.2 Å². The van der Waals surface area contributed by atoms with Crippen LogP contribution in [0.3, 0.4) is 0 Å². The van der Waals surface area contributed by atoms with Crippen LogP contribution in [0.4, 0.5) is 5.00 Å². The van der Waals surface area contributed by atoms with Crippen LogP contribution in [-0.2, 0) is 22.4 Å². The van der Waals surface area contributed by atoms with Crippen LogP contribution in [0.2, 0.25) is 0 Å². The number of esters is 1. The van der Waals surface area contributed by atoms with Gasteiger partial charge >= 0.3 is 5.97 Å². The number of ether oxygens (including phenoxy) is 1. The van der Waals surface area contributed by atoms with Gasteiger partial charge in [-0.3, -0.25) is 4.79 Å². The topological polar surface area (TPSA) is 81.4 Å². The van der Waals surface area contributed by atoms with Gasteiger partial charge in [-0.05, 0) is 37.7 Å². The van der Waals surface area contributed by atoms with E-state index in [-0.39, 0.29) is 11.9 Å². The van der Waals surface area contributed by atoms with Gasteiger partial charge < -0.3 is 15.8 Å². The zero-order valence-corrected chi connectivity index (χ0v) is 12.6. The lowest BCUT2D eigenvalue weighted by atomic mass is 9.95. The summed E-state index contributed by atoms with van der Waals surface area (Å²) in [6, 6.07) is -0.556. The van der Waals surface area contributed by atoms with E-state index in [0.29, 0.717) is 17.0 Å². The Hall–Kier alpha value is -1.40. The summed E-state index contributed by atoms with van der Waals surface area (Å²) >= 11 is 1.47. The number of nitrogens with two attached hydrogens (primary N) is 1. The van der Waals surface area contributed by atoms with Gasteiger partial charge in [0.05, 0.1) is 18.7 Å². The van der Waals surface area contributed by atoms with Crippen molar-refractivity contribution < 1.29 is 14.3 Å². The molecule has 0 spiro atoms. The minimum atomic E-state index is -0.556. The molecule has 0 fully saturated rings. The van der Waals surface area contributed by atoms with Crippen LogP contribution in [0.5, 0.6) is 0 Å². The number of hydrogen-bond donors (Lipinski definition) is 2. The van der Waals surface area contributed by atoms with Gasteiger partial charge in [0.1, 0.15) is 5.00 Å². The van der Waals surface area contributed by atoms with E-state index in [1.54, 1.807) is 0 Å². The van der Waals surface area contributed by atoms with Crippen LogP contribution in [-0.4, -0.2) is 25.0 Å². The fourth-order valence-corrected chi connectivity index (χ4v) is 3.64. The molecule has 0 bridgehead atoms. The van der Waals surface area contributed by atoms with Gasteiger partial charge in [0.2, 0.25) is 5.91 Å². The second-order valence-electron chi connectivity index (χ2n) is 4.91. The maximum atomic E-state index is 12.0. The predicted molar refractivity (Wildman–Crippen MR) is 79.2 cm³/mol. The van der Waals surface area contributed by atoms with Crippen molar-refractivity contribution in [3.05, 3.63) is 16.0 Å². The van der Waals surface area contributed by atoms with Crippen molar-refractivity contribution in [3.63, 3.8) is 0 Å². The molecule has 6 heteroatoms. The number of carbonyl (C=O) groups is 2. The quantitative estimate of drug-likeness (QED) is 0.834. The number of amides is 1. The fourth-order valence-electron chi connectivity index (χ4n) is 2.36. The average molecular weight is 296 g/mol. The van der Waals surface area contributed by atoms with E-state index in [2.05, 4.69) is 5.32 Å². The molecular formula is C14H20N2O3S. The zero-order chi connectivity index (χ0) is 14.7. The molecule has 5 nitrogen and oxygen atoms in total. The highest BCUT2D eigenvalue weighted by Crippen LogP contribution is 2.38. The van der Waals surface area contributed by atoms with E-state index in [9.17, 15) is 9.59 Å². The molecule has 110 valence electrons. The van der Waals surface area contributed by atoms with E-state index in [0.717, 1.165) is 31.2 Å². The third-order valence-electron chi connectivity index (χ3n) is 3.57. The number of carbonyl (C=O) groups excluding carboxylic acids is 2. The van der Waals surface area contributed by atoms with E-state index in [1.165, 1.54) is 23.3 Å². The monoisotopic (exact) mass is 296 g/mol. The molecule has 0 aliphatic heterocycles. The van der Waals surface area contributed by atoms with Gasteiger partial charge in [0.15, 0.2) is 0 Å². The van der Waals surface area contributed by atoms with Crippen LogP contribution >= 0.6 is 11.3 Å². The van der Waals surface area contributed by atoms with Crippen LogP contribution in [0, 0.1) is 0 Å². The summed E-state index contributed by atoms with van der Waals surface area (Å²) in [6.45, 7) is 1.85. The molecule has 1 aliphatic rings. The predicted octanol–water partition coefficient (Wildman–Crippen LogP) is 2.09. The lowest BCUT2D eigenvalue weighted by Crippen LogP contribution is -2.35. The Labute approximate surface area is 122 Å². The molecule has 0 aromatic carbocycles. The first kappa shape index (κ1) is 15.0. The minimum Gasteiger partial charge on any atom is -0.465 e. The van der Waals surface area contributed by atoms with Crippen molar-refractivity contribution in [3.8, 4) is 0 Å². The Morgan fingerprint density at radius 2 is 2.10 bits per heavy atom. The fraction of sp³-hybridized carbons (Fsp3) is 0.571. The summed E-state index contributed by atoms with van der Waals surface area (Å²) in [4.78, 5) is 25.1. The molecule has 1 amide bonds. The molecule has 0 saturated heterocycles. The molecule has 3 N–H and O–H groups in total. The Balaban J connectivity index is 2.34. The molecule has 1 atom stereocenters. The summed E-state index contributed by atoms with van der Waals surface area (Å²) in [7, 11) is 1.36. The highest BCUT2D eigenvalue weighted by atomic mass is 32.1. The van der Waals surface area contributed by atoms with E-state index < -0.39 is 6.04 Å². The van der Waals surface area contributed by atoms with Gasteiger partial charge in [-0.25, -0.2) is 4.79 Å². The standard InChI is InChI=1S/C14H20N2O3S/c1-3-9(15)12(17)16-13-11(14(18)19-2)8-6-4-5-7-10(8)20-13/h9H,3-7,15H2,1-2H3,(H,16,17)/t9-/m0/s1. The first-order valence-electron chi connectivity index (χ1n) is 6.87. The Morgan fingerprint density at radius 1 is 1.40 bits per heavy atom. The third-order valence-corrected chi connectivity index (χ3v) is 4.78. The van der Waals surface area contributed by atoms with Crippen LogP contribution in [0.15, 0.2) is 0 Å². The second kappa shape index (κ2) is 6.37. The number of hydrogen-bond acceptors (Lipinski definition) is 5. The maximum Gasteiger partial charge on any atom is 0.341 e. The molecular weight excluding hydrogens is 276 g/mol. The highest BCUT2D eigenvalue weighted by molar-refractivity contribution is 7.17. The summed E-state index contributed by atoms with van der Waals surface area (Å²) in [5.41, 5.74) is 7.27. The molecule has 0 unspecified atom stereocenters. The van der Waals surface area contributed by atoms with Gasteiger partial charge in [0.25, 0.3) is 0 Å². The molecule has 2 rings (SSSR count). The number of rotatable bonds is 4. The minimum absolute atomic E-state index is 0.253. The van der Waals surface area contributed by atoms with E-state index >= 15 is 0 Å². The average Bonchev–Trinajstić information content (AvgIpc) is 2.83. The van der Waals surface area contributed by atoms with Crippen molar-refractivity contribution in [2.45, 2.75) is 45.1 Å². The first-order chi connectivity index (χ1) is 9.58. The summed E-state index contributed by atoms with van der Waals surface area (Å²) < 4.78 is 4.85. The smallest absolute Gasteiger partial charge is 0.341 e. The molecule has 1 aliphatic carbocycles. The van der Waals surface area contributed by atoms with Crippen molar-refractivity contribution in [2.24, 2.45) is 5.73 Å². The number of fused-ring (bicyclic) bond motifs is 1. The third kappa shape index (κ3) is 2.86.